The van der Waals surface area contributed by atoms with Crippen LogP contribution in [0.15, 0.2) is 47.7 Å². The summed E-state index contributed by atoms with van der Waals surface area (Å²) in [5, 5.41) is 12.6. The van der Waals surface area contributed by atoms with Gasteiger partial charge in [0.05, 0.1) is 11.4 Å². The molecule has 0 fully saturated rings. The molecule has 4 rings (SSSR count). The Kier molecular flexibility index (Phi) is 2.51. The maximum Gasteiger partial charge on any atom is 0.211 e. The minimum absolute atomic E-state index is 0.127. The average Bonchev–Trinajstić information content (AvgIpc) is 2.96. The number of nitrogens with one attached hydrogen (secondary N) is 1. The van der Waals surface area contributed by atoms with Crippen LogP contribution in [0.4, 0.5) is 5.69 Å². The van der Waals surface area contributed by atoms with Crippen molar-refractivity contribution in [2.75, 3.05) is 5.32 Å². The molecule has 1 heterocycles. The second kappa shape index (κ2) is 4.31. The number of phenols is 1. The number of hydrogen-bond acceptors (Lipinski definition) is 4. The van der Waals surface area contributed by atoms with Gasteiger partial charge in [0.2, 0.25) is 5.78 Å². The van der Waals surface area contributed by atoms with Crippen molar-refractivity contribution in [1.82, 2.24) is 0 Å². The van der Waals surface area contributed by atoms with Gasteiger partial charge >= 0.3 is 0 Å². The monoisotopic (exact) mass is 291 g/mol. The van der Waals surface area contributed by atoms with E-state index in [0.717, 1.165) is 16.8 Å². The lowest BCUT2D eigenvalue weighted by atomic mass is 10.0. The molecule has 2 aromatic carbocycles. The van der Waals surface area contributed by atoms with Gasteiger partial charge in [-0.1, -0.05) is 6.07 Å². The summed E-state index contributed by atoms with van der Waals surface area (Å²) in [6.07, 6.45) is 0.365. The number of aromatic hydroxyl groups is 1. The highest BCUT2D eigenvalue weighted by atomic mass is 16.3. The molecule has 0 unspecified atom stereocenters. The Hall–Kier alpha value is -2.88. The number of rotatable bonds is 0. The van der Waals surface area contributed by atoms with Gasteiger partial charge in [0, 0.05) is 23.1 Å². The number of anilines is 1. The van der Waals surface area contributed by atoms with Gasteiger partial charge in [-0.3, -0.25) is 9.59 Å². The minimum atomic E-state index is -0.143. The molecule has 108 valence electrons. The Morgan fingerprint density at radius 2 is 1.77 bits per heavy atom. The summed E-state index contributed by atoms with van der Waals surface area (Å²) in [7, 11) is 0. The molecule has 0 saturated heterocycles. The number of carbonyl (C=O) groups excluding carboxylic acids is 2. The molecular formula is C18H13NO3. The minimum Gasteiger partial charge on any atom is -0.508 e. The van der Waals surface area contributed by atoms with Crippen LogP contribution in [0.1, 0.15) is 31.8 Å². The normalized spacial score (nSPS) is 19.1. The van der Waals surface area contributed by atoms with E-state index in [4.69, 9.17) is 0 Å². The zero-order valence-corrected chi connectivity index (χ0v) is 11.9. The van der Waals surface area contributed by atoms with E-state index >= 15 is 0 Å². The molecule has 0 spiro atoms. The number of fused-ring (bicyclic) bond motifs is 2. The van der Waals surface area contributed by atoms with Gasteiger partial charge in [0.1, 0.15) is 5.75 Å². The Morgan fingerprint density at radius 1 is 1.00 bits per heavy atom. The van der Waals surface area contributed by atoms with Gasteiger partial charge in [-0.25, -0.2) is 0 Å². The second-order valence-electron chi connectivity index (χ2n) is 5.70. The first-order valence-electron chi connectivity index (χ1n) is 7.07. The van der Waals surface area contributed by atoms with Crippen molar-refractivity contribution >= 4 is 17.3 Å². The fraction of sp³-hybridized carbons (Fsp3) is 0.111. The third-order valence-electron chi connectivity index (χ3n) is 4.18. The predicted octanol–water partition coefficient (Wildman–Crippen LogP) is 3.00. The molecule has 0 amide bonds. The van der Waals surface area contributed by atoms with Crippen molar-refractivity contribution in [2.24, 2.45) is 0 Å². The first-order chi connectivity index (χ1) is 10.5. The lowest BCUT2D eigenvalue weighted by Crippen LogP contribution is -2.09. The fourth-order valence-corrected chi connectivity index (χ4v) is 3.08. The summed E-state index contributed by atoms with van der Waals surface area (Å²) in [5.41, 5.74) is 4.55. The summed E-state index contributed by atoms with van der Waals surface area (Å²) in [6.45, 7) is 1.96. The molecule has 0 saturated carbocycles. The highest BCUT2D eigenvalue weighted by Gasteiger charge is 2.34. The number of hydrogen-bond donors (Lipinski definition) is 2. The zero-order valence-electron chi connectivity index (χ0n) is 11.9. The van der Waals surface area contributed by atoms with Crippen LogP contribution < -0.4 is 5.32 Å². The molecule has 4 nitrogen and oxygen atoms in total. The maximum atomic E-state index is 12.5. The van der Waals surface area contributed by atoms with Gasteiger partial charge in [-0.05, 0) is 48.4 Å². The van der Waals surface area contributed by atoms with E-state index in [-0.39, 0.29) is 17.3 Å². The second-order valence-corrected chi connectivity index (χ2v) is 5.70. The average molecular weight is 291 g/mol. The summed E-state index contributed by atoms with van der Waals surface area (Å²) < 4.78 is 0. The molecule has 0 atom stereocenters. The van der Waals surface area contributed by atoms with Gasteiger partial charge in [-0.15, -0.1) is 0 Å². The molecule has 22 heavy (non-hydrogen) atoms. The van der Waals surface area contributed by atoms with Crippen LogP contribution in [0, 0.1) is 6.92 Å². The molecule has 2 aliphatic rings. The van der Waals surface area contributed by atoms with Crippen molar-refractivity contribution in [1.29, 1.82) is 0 Å². The van der Waals surface area contributed by atoms with E-state index in [9.17, 15) is 14.7 Å². The number of allylic oxidation sites excluding steroid dienone is 2. The maximum absolute atomic E-state index is 12.5. The van der Waals surface area contributed by atoms with Gasteiger partial charge in [0.25, 0.3) is 0 Å². The highest BCUT2D eigenvalue weighted by Crippen LogP contribution is 2.36. The largest absolute Gasteiger partial charge is 0.508 e. The third kappa shape index (κ3) is 1.70. The van der Waals surface area contributed by atoms with E-state index < -0.39 is 0 Å². The molecule has 2 N–H and O–H groups in total. The molecule has 1 aliphatic heterocycles. The Morgan fingerprint density at radius 3 is 2.59 bits per heavy atom. The molecule has 4 heteroatoms. The quantitative estimate of drug-likeness (QED) is 0.732. The van der Waals surface area contributed by atoms with Crippen LogP contribution in [0.3, 0.4) is 0 Å². The standard InChI is InChI=1S/C18H13NO3/c1-9-2-4-13-15(6-9)19-16(18(13)22)14-8-10-7-11(20)3-5-12(10)17(14)21/h2-7,19-20H,8H2,1H3/b16-14-. The van der Waals surface area contributed by atoms with Crippen molar-refractivity contribution in [3.8, 4) is 5.75 Å². The predicted molar refractivity (Wildman–Crippen MR) is 82.3 cm³/mol. The molecule has 1 aliphatic carbocycles. The highest BCUT2D eigenvalue weighted by molar-refractivity contribution is 6.25. The summed E-state index contributed by atoms with van der Waals surface area (Å²) in [6, 6.07) is 10.3. The van der Waals surface area contributed by atoms with Crippen molar-refractivity contribution in [2.45, 2.75) is 13.3 Å². The smallest absolute Gasteiger partial charge is 0.211 e. The summed E-state index contributed by atoms with van der Waals surface area (Å²) in [5.74, 6) is -0.159. The number of benzene rings is 2. The lowest BCUT2D eigenvalue weighted by Gasteiger charge is -2.02. The van der Waals surface area contributed by atoms with Crippen LogP contribution in [0.25, 0.3) is 0 Å². The summed E-state index contributed by atoms with van der Waals surface area (Å²) in [4.78, 5) is 25.1. The fourth-order valence-electron chi connectivity index (χ4n) is 3.08. The third-order valence-corrected chi connectivity index (χ3v) is 4.18. The molecular weight excluding hydrogens is 278 g/mol. The van der Waals surface area contributed by atoms with E-state index in [2.05, 4.69) is 5.32 Å². The van der Waals surface area contributed by atoms with Gasteiger partial charge in [0.15, 0.2) is 5.78 Å². The van der Waals surface area contributed by atoms with Crippen molar-refractivity contribution in [3.05, 3.63) is 69.9 Å². The van der Waals surface area contributed by atoms with E-state index in [1.807, 2.05) is 19.1 Å². The van der Waals surface area contributed by atoms with Gasteiger partial charge < -0.3 is 10.4 Å². The Balaban J connectivity index is 1.82. The number of aryl methyl sites for hydroxylation is 1. The Bertz CT molecular complexity index is 820. The van der Waals surface area contributed by atoms with E-state index in [0.29, 0.717) is 28.8 Å². The molecule has 0 radical (unpaired) electrons. The number of Topliss-reactive ketones (excluding diaryl/α,β-unsaturated/α-hetero) is 2. The first kappa shape index (κ1) is 12.8. The van der Waals surface area contributed by atoms with Crippen LogP contribution in [-0.2, 0) is 6.42 Å². The SMILES string of the molecule is Cc1ccc2c(c1)N/C(=C1/Cc3cc(O)ccc3C1=O)C2=O. The molecule has 0 aromatic heterocycles. The van der Waals surface area contributed by atoms with Crippen molar-refractivity contribution in [3.63, 3.8) is 0 Å². The van der Waals surface area contributed by atoms with E-state index in [1.54, 1.807) is 18.2 Å². The zero-order chi connectivity index (χ0) is 15.4. The van der Waals surface area contributed by atoms with Crippen LogP contribution in [-0.4, -0.2) is 16.7 Å². The number of phenolic OH excluding ortho intramolecular Hbond substituents is 1. The lowest BCUT2D eigenvalue weighted by molar-refractivity contribution is 0.101. The van der Waals surface area contributed by atoms with Gasteiger partial charge in [-0.2, -0.15) is 0 Å². The van der Waals surface area contributed by atoms with Crippen LogP contribution >= 0.6 is 0 Å². The van der Waals surface area contributed by atoms with Crippen LogP contribution in [0.2, 0.25) is 0 Å². The Labute approximate surface area is 127 Å². The van der Waals surface area contributed by atoms with Crippen LogP contribution in [0.5, 0.6) is 5.75 Å². The molecule has 2 aromatic rings. The molecule has 0 bridgehead atoms. The number of ketones is 2. The number of carbonyl (C=O) groups is 2. The topological polar surface area (TPSA) is 66.4 Å². The summed E-state index contributed by atoms with van der Waals surface area (Å²) >= 11 is 0. The first-order valence-corrected chi connectivity index (χ1v) is 7.07. The van der Waals surface area contributed by atoms with Crippen molar-refractivity contribution < 1.29 is 14.7 Å². The van der Waals surface area contributed by atoms with E-state index in [1.165, 1.54) is 6.07 Å².